The van der Waals surface area contributed by atoms with Crippen LogP contribution in [0.5, 0.6) is 0 Å². The molecule has 0 radical (unpaired) electrons. The first kappa shape index (κ1) is 11.4. The third kappa shape index (κ3) is 2.04. The van der Waals surface area contributed by atoms with Gasteiger partial charge in [0.25, 0.3) is 0 Å². The van der Waals surface area contributed by atoms with Gasteiger partial charge in [0.1, 0.15) is 11.9 Å². The molecule has 1 N–H and O–H groups in total. The molecule has 0 amide bonds. The van der Waals surface area contributed by atoms with Crippen molar-refractivity contribution in [3.05, 3.63) is 70.5 Å². The fraction of sp³-hybridized carbons (Fsp3) is 0.250. The second-order valence-electron chi connectivity index (χ2n) is 4.84. The summed E-state index contributed by atoms with van der Waals surface area (Å²) in [6.45, 7) is 0. The Bertz CT molecular complexity index is 560. The molecule has 0 saturated carbocycles. The SMILES string of the molecule is OC(c1ccc(F)cc1)c1ccc2c(c1)CCC2. The summed E-state index contributed by atoms with van der Waals surface area (Å²) in [5, 5.41) is 10.3. The number of hydrogen-bond acceptors (Lipinski definition) is 1. The quantitative estimate of drug-likeness (QED) is 0.855. The number of fused-ring (bicyclic) bond motifs is 1. The van der Waals surface area contributed by atoms with Crippen molar-refractivity contribution in [1.29, 1.82) is 0 Å². The van der Waals surface area contributed by atoms with Gasteiger partial charge in [-0.2, -0.15) is 0 Å². The molecule has 2 heteroatoms. The van der Waals surface area contributed by atoms with Crippen LogP contribution in [0.15, 0.2) is 42.5 Å². The summed E-state index contributed by atoms with van der Waals surface area (Å²) < 4.78 is 12.9. The Labute approximate surface area is 106 Å². The number of hydrogen-bond donors (Lipinski definition) is 1. The Kier molecular flexibility index (Phi) is 2.88. The topological polar surface area (TPSA) is 20.2 Å². The lowest BCUT2D eigenvalue weighted by molar-refractivity contribution is 0.220. The van der Waals surface area contributed by atoms with Crippen molar-refractivity contribution in [3.63, 3.8) is 0 Å². The van der Waals surface area contributed by atoms with Crippen molar-refractivity contribution in [2.45, 2.75) is 25.4 Å². The Balaban J connectivity index is 1.92. The van der Waals surface area contributed by atoms with Gasteiger partial charge in [0.15, 0.2) is 0 Å². The minimum Gasteiger partial charge on any atom is -0.384 e. The van der Waals surface area contributed by atoms with Gasteiger partial charge in [0, 0.05) is 0 Å². The summed E-state index contributed by atoms with van der Waals surface area (Å²) in [5.74, 6) is -0.278. The van der Waals surface area contributed by atoms with Crippen LogP contribution in [0.2, 0.25) is 0 Å². The Morgan fingerprint density at radius 3 is 2.33 bits per heavy atom. The molecule has 0 heterocycles. The van der Waals surface area contributed by atoms with Crippen LogP contribution in [0.4, 0.5) is 4.39 Å². The van der Waals surface area contributed by atoms with Gasteiger partial charge in [-0.25, -0.2) is 4.39 Å². The Morgan fingerprint density at radius 1 is 0.889 bits per heavy atom. The largest absolute Gasteiger partial charge is 0.384 e. The van der Waals surface area contributed by atoms with Gasteiger partial charge in [-0.3, -0.25) is 0 Å². The molecule has 1 atom stereocenters. The van der Waals surface area contributed by atoms with E-state index >= 15 is 0 Å². The third-order valence-corrected chi connectivity index (χ3v) is 3.62. The van der Waals surface area contributed by atoms with Gasteiger partial charge in [0.2, 0.25) is 0 Å². The molecule has 0 aromatic heterocycles. The maximum atomic E-state index is 12.9. The van der Waals surface area contributed by atoms with Gasteiger partial charge in [-0.1, -0.05) is 30.3 Å². The molecule has 2 aromatic rings. The highest BCUT2D eigenvalue weighted by molar-refractivity contribution is 5.39. The average molecular weight is 242 g/mol. The van der Waals surface area contributed by atoms with E-state index in [1.54, 1.807) is 12.1 Å². The van der Waals surface area contributed by atoms with Crippen LogP contribution < -0.4 is 0 Å². The summed E-state index contributed by atoms with van der Waals surface area (Å²) in [7, 11) is 0. The van der Waals surface area contributed by atoms with Crippen LogP contribution in [0.25, 0.3) is 0 Å². The minimum absolute atomic E-state index is 0.278. The smallest absolute Gasteiger partial charge is 0.123 e. The molecule has 0 fully saturated rings. The zero-order chi connectivity index (χ0) is 12.5. The molecule has 1 aliphatic carbocycles. The zero-order valence-corrected chi connectivity index (χ0v) is 10.1. The van der Waals surface area contributed by atoms with E-state index in [1.165, 1.54) is 29.7 Å². The molecule has 3 rings (SSSR count). The highest BCUT2D eigenvalue weighted by Gasteiger charge is 2.15. The molecular weight excluding hydrogens is 227 g/mol. The van der Waals surface area contributed by atoms with Gasteiger partial charge in [-0.15, -0.1) is 0 Å². The first-order valence-corrected chi connectivity index (χ1v) is 6.29. The standard InChI is InChI=1S/C16H15FO/c17-15-8-6-12(7-9-15)16(18)14-5-4-11-2-1-3-13(11)10-14/h4-10,16,18H,1-3H2. The van der Waals surface area contributed by atoms with Crippen molar-refractivity contribution in [2.75, 3.05) is 0 Å². The van der Waals surface area contributed by atoms with E-state index in [-0.39, 0.29) is 5.82 Å². The van der Waals surface area contributed by atoms with E-state index in [0.717, 1.165) is 24.0 Å². The summed E-state index contributed by atoms with van der Waals surface area (Å²) >= 11 is 0. The van der Waals surface area contributed by atoms with Crippen LogP contribution in [0.3, 0.4) is 0 Å². The van der Waals surface area contributed by atoms with Crippen molar-refractivity contribution in [2.24, 2.45) is 0 Å². The number of aliphatic hydroxyl groups is 1. The predicted molar refractivity (Wildman–Crippen MR) is 68.9 cm³/mol. The lowest BCUT2D eigenvalue weighted by Gasteiger charge is -2.13. The van der Waals surface area contributed by atoms with E-state index < -0.39 is 6.10 Å². The fourth-order valence-corrected chi connectivity index (χ4v) is 2.60. The Hall–Kier alpha value is -1.67. The number of rotatable bonds is 2. The van der Waals surface area contributed by atoms with Gasteiger partial charge in [-0.05, 0) is 53.6 Å². The Morgan fingerprint density at radius 2 is 1.56 bits per heavy atom. The van der Waals surface area contributed by atoms with Crippen molar-refractivity contribution in [3.8, 4) is 0 Å². The highest BCUT2D eigenvalue weighted by Crippen LogP contribution is 2.28. The molecule has 1 aliphatic rings. The van der Waals surface area contributed by atoms with Crippen molar-refractivity contribution < 1.29 is 9.50 Å². The molecule has 2 aromatic carbocycles. The molecule has 1 unspecified atom stereocenters. The lowest BCUT2D eigenvalue weighted by Crippen LogP contribution is -2.00. The highest BCUT2D eigenvalue weighted by atomic mass is 19.1. The van der Waals surface area contributed by atoms with Crippen LogP contribution in [-0.2, 0) is 12.8 Å². The van der Waals surface area contributed by atoms with Crippen LogP contribution in [-0.4, -0.2) is 5.11 Å². The minimum atomic E-state index is -0.670. The first-order valence-electron chi connectivity index (χ1n) is 6.29. The molecular formula is C16H15FO. The zero-order valence-electron chi connectivity index (χ0n) is 10.1. The molecule has 1 nitrogen and oxygen atoms in total. The van der Waals surface area contributed by atoms with E-state index in [9.17, 15) is 9.50 Å². The summed E-state index contributed by atoms with van der Waals surface area (Å²) in [6, 6.07) is 12.2. The predicted octanol–water partition coefficient (Wildman–Crippen LogP) is 3.40. The maximum Gasteiger partial charge on any atom is 0.123 e. The number of benzene rings is 2. The van der Waals surface area contributed by atoms with Gasteiger partial charge < -0.3 is 5.11 Å². The van der Waals surface area contributed by atoms with Crippen LogP contribution in [0.1, 0.15) is 34.8 Å². The summed E-state index contributed by atoms with van der Waals surface area (Å²) in [5.41, 5.74) is 4.36. The number of aryl methyl sites for hydroxylation is 2. The van der Waals surface area contributed by atoms with E-state index in [4.69, 9.17) is 0 Å². The second kappa shape index (κ2) is 4.54. The monoisotopic (exact) mass is 242 g/mol. The number of halogens is 1. The summed E-state index contributed by atoms with van der Waals surface area (Å²) in [4.78, 5) is 0. The van der Waals surface area contributed by atoms with Crippen molar-refractivity contribution >= 4 is 0 Å². The lowest BCUT2D eigenvalue weighted by atomic mass is 9.98. The normalized spacial score (nSPS) is 15.4. The van der Waals surface area contributed by atoms with Gasteiger partial charge >= 0.3 is 0 Å². The van der Waals surface area contributed by atoms with E-state index in [2.05, 4.69) is 12.1 Å². The third-order valence-electron chi connectivity index (χ3n) is 3.62. The molecule has 18 heavy (non-hydrogen) atoms. The second-order valence-corrected chi connectivity index (χ2v) is 4.84. The number of aliphatic hydroxyl groups excluding tert-OH is 1. The van der Waals surface area contributed by atoms with Crippen LogP contribution in [0, 0.1) is 5.82 Å². The van der Waals surface area contributed by atoms with Gasteiger partial charge in [0.05, 0.1) is 0 Å². The van der Waals surface area contributed by atoms with E-state index in [1.807, 2.05) is 6.07 Å². The molecule has 0 saturated heterocycles. The molecule has 0 spiro atoms. The molecule has 0 aliphatic heterocycles. The fourth-order valence-electron chi connectivity index (χ4n) is 2.60. The maximum absolute atomic E-state index is 12.9. The van der Waals surface area contributed by atoms with Crippen LogP contribution >= 0.6 is 0 Å². The summed E-state index contributed by atoms with van der Waals surface area (Å²) in [6.07, 6.45) is 2.77. The van der Waals surface area contributed by atoms with Crippen molar-refractivity contribution in [1.82, 2.24) is 0 Å². The first-order chi connectivity index (χ1) is 8.74. The van der Waals surface area contributed by atoms with E-state index in [0.29, 0.717) is 0 Å². The molecule has 0 bridgehead atoms. The molecule has 92 valence electrons. The average Bonchev–Trinajstić information content (AvgIpc) is 2.86.